The summed E-state index contributed by atoms with van der Waals surface area (Å²) in [6.07, 6.45) is 3.66. The van der Waals surface area contributed by atoms with Crippen LogP contribution in [-0.4, -0.2) is 76.2 Å². The number of pyridine rings is 1. The van der Waals surface area contributed by atoms with Crippen molar-refractivity contribution in [1.82, 2.24) is 45.0 Å². The Morgan fingerprint density at radius 1 is 1.08 bits per heavy atom. The van der Waals surface area contributed by atoms with Gasteiger partial charge in [-0.15, -0.1) is 5.10 Å². The van der Waals surface area contributed by atoms with Gasteiger partial charge in [-0.1, -0.05) is 55.2 Å². The third-order valence-electron chi connectivity index (χ3n) is 8.61. The Labute approximate surface area is 314 Å². The van der Waals surface area contributed by atoms with Gasteiger partial charge in [-0.05, 0) is 71.2 Å². The molecule has 0 saturated carbocycles. The number of aromatic nitrogens is 7. The van der Waals surface area contributed by atoms with Crippen molar-refractivity contribution in [3.63, 3.8) is 0 Å². The highest BCUT2D eigenvalue weighted by molar-refractivity contribution is 6.32. The lowest BCUT2D eigenvalue weighted by Crippen LogP contribution is -2.36. The van der Waals surface area contributed by atoms with Crippen molar-refractivity contribution in [3.8, 4) is 16.9 Å². The highest BCUT2D eigenvalue weighted by Gasteiger charge is 2.26. The molecule has 4 N–H and O–H groups in total. The number of imidazole rings is 1. The number of nitrogens with zero attached hydrogens (tertiary/aromatic N) is 7. The van der Waals surface area contributed by atoms with E-state index in [9.17, 15) is 19.2 Å². The number of carboxylic acid groups (broad SMARTS) is 1. The van der Waals surface area contributed by atoms with E-state index in [2.05, 4.69) is 43.1 Å². The van der Waals surface area contributed by atoms with Gasteiger partial charge in [0.05, 0.1) is 18.2 Å². The van der Waals surface area contributed by atoms with Crippen molar-refractivity contribution in [3.05, 3.63) is 111 Å². The fourth-order valence-electron chi connectivity index (χ4n) is 6.07. The highest BCUT2D eigenvalue weighted by Crippen LogP contribution is 2.30. The molecule has 0 bridgehead atoms. The molecule has 3 amide bonds. The highest BCUT2D eigenvalue weighted by atomic mass is 35.5. The molecule has 5 rings (SSSR count). The number of benzene rings is 2. The monoisotopic (exact) mass is 760 g/mol. The van der Waals surface area contributed by atoms with Gasteiger partial charge < -0.3 is 24.9 Å². The second kappa shape index (κ2) is 17.1. The summed E-state index contributed by atoms with van der Waals surface area (Å²) in [6, 6.07) is 15.8. The number of carbonyl (C=O) groups is 3. The van der Waals surface area contributed by atoms with Crippen LogP contribution in [0.3, 0.4) is 0 Å². The Morgan fingerprint density at radius 3 is 2.53 bits per heavy atom. The van der Waals surface area contributed by atoms with Crippen LogP contribution in [0.15, 0.2) is 77.9 Å². The van der Waals surface area contributed by atoms with Crippen molar-refractivity contribution < 1.29 is 19.5 Å². The molecule has 17 heteroatoms. The van der Waals surface area contributed by atoms with E-state index in [1.807, 2.05) is 13.0 Å². The Bertz CT molecular complexity index is 2170. The summed E-state index contributed by atoms with van der Waals surface area (Å²) >= 11 is 12.8. The minimum absolute atomic E-state index is 0.0738. The Kier molecular flexibility index (Phi) is 12.4. The van der Waals surface area contributed by atoms with Crippen LogP contribution in [0.25, 0.3) is 23.0 Å². The molecule has 2 aromatic carbocycles. The van der Waals surface area contributed by atoms with Gasteiger partial charge >= 0.3 is 6.09 Å². The quantitative estimate of drug-likeness (QED) is 0.103. The number of nitrogens with one attached hydrogen (secondary N) is 3. The second-order valence-corrected chi connectivity index (χ2v) is 13.5. The molecule has 0 aliphatic carbocycles. The molecule has 0 fully saturated rings. The van der Waals surface area contributed by atoms with E-state index < -0.39 is 18.0 Å². The van der Waals surface area contributed by atoms with E-state index in [1.165, 1.54) is 23.2 Å². The molecule has 0 spiro atoms. The molecule has 3 atom stereocenters. The molecule has 15 nitrogen and oxygen atoms in total. The van der Waals surface area contributed by atoms with Crippen molar-refractivity contribution in [1.29, 1.82) is 0 Å². The van der Waals surface area contributed by atoms with E-state index in [-0.39, 0.29) is 40.7 Å². The normalized spacial score (nSPS) is 13.0. The molecule has 0 saturated heterocycles. The average molecular weight is 762 g/mol. The number of hydrogen-bond acceptors (Lipinski definition) is 8. The maximum atomic E-state index is 13.7. The molecule has 0 aliphatic rings. The largest absolute Gasteiger partial charge is 0.465 e. The standard InChI is InChI=1S/C36H38Cl2N10O5/c1-21(16-22(2)28-6-5-7-31(50)47(28)4)19-46(3)32(51)18-27(35-42-33(34(38)43-35)23-8-12-26(13-9-23)40-36(52)53)41-30(49)15-10-24-17-25(37)11-14-29(24)48-20-39-44-45-48/h5-15,17,20-22,27,40H,16,18-19H2,1-4H3,(H,41,49)(H,42,43)(H,52,53)/b15-10+/t21?,22?,27-/m0/s1. The van der Waals surface area contributed by atoms with Gasteiger partial charge in [-0.3, -0.25) is 19.7 Å². The zero-order chi connectivity index (χ0) is 38.2. The van der Waals surface area contributed by atoms with Crippen LogP contribution >= 0.6 is 23.2 Å². The van der Waals surface area contributed by atoms with Gasteiger partial charge in [0, 0.05) is 60.3 Å². The fourth-order valence-corrected chi connectivity index (χ4v) is 6.50. The first-order valence-electron chi connectivity index (χ1n) is 16.6. The van der Waals surface area contributed by atoms with Gasteiger partial charge in [0.15, 0.2) is 0 Å². The minimum Gasteiger partial charge on any atom is -0.465 e. The van der Waals surface area contributed by atoms with Crippen LogP contribution in [0.1, 0.15) is 55.7 Å². The summed E-state index contributed by atoms with van der Waals surface area (Å²) in [6.45, 7) is 4.52. The van der Waals surface area contributed by atoms with Crippen molar-refractivity contribution in [2.75, 3.05) is 18.9 Å². The number of tetrazole rings is 1. The van der Waals surface area contributed by atoms with Crippen LogP contribution in [0.5, 0.6) is 0 Å². The summed E-state index contributed by atoms with van der Waals surface area (Å²) in [5, 5.41) is 26.1. The molecule has 0 radical (unpaired) electrons. The number of halogens is 2. The fraction of sp³-hybridized carbons (Fsp3) is 0.278. The summed E-state index contributed by atoms with van der Waals surface area (Å²) in [5.41, 5.74) is 3.27. The topological polar surface area (TPSA) is 193 Å². The van der Waals surface area contributed by atoms with Gasteiger partial charge in [-0.2, -0.15) is 4.68 Å². The molecule has 53 heavy (non-hydrogen) atoms. The van der Waals surface area contributed by atoms with Crippen LogP contribution < -0.4 is 16.2 Å². The maximum Gasteiger partial charge on any atom is 0.409 e. The molecule has 2 unspecified atom stereocenters. The molecular formula is C36H38Cl2N10O5. The van der Waals surface area contributed by atoms with Gasteiger partial charge in [-0.25, -0.2) is 9.78 Å². The number of carbonyl (C=O) groups excluding carboxylic acids is 2. The van der Waals surface area contributed by atoms with Gasteiger partial charge in [0.2, 0.25) is 17.4 Å². The first-order chi connectivity index (χ1) is 25.3. The van der Waals surface area contributed by atoms with Crippen LogP contribution in [-0.2, 0) is 16.6 Å². The lowest BCUT2D eigenvalue weighted by molar-refractivity contribution is -0.131. The molecule has 5 aromatic rings. The van der Waals surface area contributed by atoms with E-state index >= 15 is 0 Å². The molecule has 276 valence electrons. The second-order valence-electron chi connectivity index (χ2n) is 12.7. The zero-order valence-corrected chi connectivity index (χ0v) is 30.8. The number of amides is 3. The SMILES string of the molecule is CC(CC(C)c1cccc(=O)n1C)CN(C)C(=O)C[C@H](NC(=O)/C=C/c1cc(Cl)ccc1-n1cnnn1)c1nc(-c2ccc(NC(=O)O)cc2)c(Cl)[nH]1. The molecular weight excluding hydrogens is 723 g/mol. The van der Waals surface area contributed by atoms with E-state index in [0.29, 0.717) is 39.8 Å². The summed E-state index contributed by atoms with van der Waals surface area (Å²) in [7, 11) is 3.45. The lowest BCUT2D eigenvalue weighted by atomic mass is 9.93. The van der Waals surface area contributed by atoms with E-state index in [4.69, 9.17) is 28.3 Å². The van der Waals surface area contributed by atoms with E-state index in [0.717, 1.165) is 12.1 Å². The molecule has 3 aromatic heterocycles. The predicted molar refractivity (Wildman–Crippen MR) is 201 cm³/mol. The summed E-state index contributed by atoms with van der Waals surface area (Å²) in [4.78, 5) is 59.6. The third kappa shape index (κ3) is 9.96. The maximum absolute atomic E-state index is 13.7. The molecule has 3 heterocycles. The average Bonchev–Trinajstić information content (AvgIpc) is 3.78. The first-order valence-corrected chi connectivity index (χ1v) is 17.3. The predicted octanol–water partition coefficient (Wildman–Crippen LogP) is 5.70. The van der Waals surface area contributed by atoms with E-state index in [1.54, 1.807) is 78.2 Å². The zero-order valence-electron chi connectivity index (χ0n) is 29.3. The smallest absolute Gasteiger partial charge is 0.409 e. The number of hydrogen-bond donors (Lipinski definition) is 4. The van der Waals surface area contributed by atoms with Crippen molar-refractivity contribution in [2.45, 2.75) is 38.6 Å². The Hall–Kier alpha value is -5.80. The Morgan fingerprint density at radius 2 is 1.83 bits per heavy atom. The number of anilines is 1. The van der Waals surface area contributed by atoms with Crippen LogP contribution in [0, 0.1) is 5.92 Å². The van der Waals surface area contributed by atoms with Crippen LogP contribution in [0.2, 0.25) is 10.2 Å². The lowest BCUT2D eigenvalue weighted by Gasteiger charge is -2.26. The molecule has 0 aliphatic heterocycles. The van der Waals surface area contributed by atoms with Gasteiger partial charge in [0.1, 0.15) is 23.0 Å². The van der Waals surface area contributed by atoms with Crippen molar-refractivity contribution >= 4 is 52.9 Å². The third-order valence-corrected chi connectivity index (χ3v) is 9.12. The number of H-pyrrole nitrogens is 1. The summed E-state index contributed by atoms with van der Waals surface area (Å²) < 4.78 is 3.07. The minimum atomic E-state index is -1.20. The number of aromatic amines is 1. The summed E-state index contributed by atoms with van der Waals surface area (Å²) in [5.74, 6) is -0.378. The van der Waals surface area contributed by atoms with Crippen LogP contribution in [0.4, 0.5) is 10.5 Å². The Balaban J connectivity index is 1.36. The van der Waals surface area contributed by atoms with Gasteiger partial charge in [0.25, 0.3) is 0 Å². The van der Waals surface area contributed by atoms with Crippen molar-refractivity contribution in [2.24, 2.45) is 13.0 Å². The first kappa shape index (κ1) is 38.4. The number of rotatable bonds is 14.